The minimum atomic E-state index is -0.286. The molecule has 4 nitrogen and oxygen atoms in total. The van der Waals surface area contributed by atoms with Gasteiger partial charge >= 0.3 is 0 Å². The Hall–Kier alpha value is -1.36. The number of aliphatic hydroxyl groups excluding tert-OH is 1. The van der Waals surface area contributed by atoms with E-state index >= 15 is 0 Å². The van der Waals surface area contributed by atoms with Crippen LogP contribution in [0.15, 0.2) is 34.9 Å². The number of likely N-dealkylation sites (tertiary alicyclic amines) is 1. The fraction of sp³-hybridized carbons (Fsp3) is 0.556. The van der Waals surface area contributed by atoms with Crippen LogP contribution in [0.3, 0.4) is 0 Å². The lowest BCUT2D eigenvalue weighted by Crippen LogP contribution is -2.55. The molecule has 0 saturated carbocycles. The van der Waals surface area contributed by atoms with E-state index in [4.69, 9.17) is 9.15 Å². The van der Waals surface area contributed by atoms with E-state index in [0.717, 1.165) is 62.9 Å². The highest BCUT2D eigenvalue weighted by atomic mass is 16.5. The highest BCUT2D eigenvalue weighted by molar-refractivity contribution is 5.77. The summed E-state index contributed by atoms with van der Waals surface area (Å²) in [6.45, 7) is 3.72. The molecule has 118 valence electrons. The fourth-order valence-corrected chi connectivity index (χ4v) is 3.85. The predicted octanol–water partition coefficient (Wildman–Crippen LogP) is 2.94. The van der Waals surface area contributed by atoms with E-state index in [1.165, 1.54) is 5.56 Å². The van der Waals surface area contributed by atoms with E-state index in [1.807, 2.05) is 12.1 Å². The number of nitrogens with zero attached hydrogens (tertiary/aromatic N) is 1. The average molecular weight is 301 g/mol. The first-order valence-corrected chi connectivity index (χ1v) is 8.26. The molecule has 2 aliphatic heterocycles. The lowest BCUT2D eigenvalue weighted by atomic mass is 9.82. The van der Waals surface area contributed by atoms with Crippen LogP contribution in [0.25, 0.3) is 11.0 Å². The van der Waals surface area contributed by atoms with Gasteiger partial charge in [0.05, 0.1) is 18.0 Å². The van der Waals surface area contributed by atoms with E-state index in [1.54, 1.807) is 6.26 Å². The van der Waals surface area contributed by atoms with Crippen molar-refractivity contribution in [3.63, 3.8) is 0 Å². The second-order valence-corrected chi connectivity index (χ2v) is 6.64. The van der Waals surface area contributed by atoms with E-state index in [2.05, 4.69) is 17.0 Å². The van der Waals surface area contributed by atoms with Gasteiger partial charge in [0.1, 0.15) is 5.58 Å². The van der Waals surface area contributed by atoms with Crippen LogP contribution >= 0.6 is 0 Å². The van der Waals surface area contributed by atoms with Crippen molar-refractivity contribution >= 4 is 11.0 Å². The summed E-state index contributed by atoms with van der Waals surface area (Å²) >= 11 is 0. The van der Waals surface area contributed by atoms with Crippen molar-refractivity contribution in [2.75, 3.05) is 19.7 Å². The van der Waals surface area contributed by atoms with Crippen LogP contribution in [0.5, 0.6) is 0 Å². The number of aliphatic hydroxyl groups is 1. The third kappa shape index (κ3) is 2.56. The molecule has 3 heterocycles. The maximum Gasteiger partial charge on any atom is 0.133 e. The molecule has 1 N–H and O–H groups in total. The van der Waals surface area contributed by atoms with Gasteiger partial charge < -0.3 is 14.3 Å². The smallest absolute Gasteiger partial charge is 0.133 e. The Balaban J connectivity index is 1.41. The minimum absolute atomic E-state index is 0.275. The molecule has 4 heteroatoms. The molecule has 4 rings (SSSR count). The van der Waals surface area contributed by atoms with E-state index < -0.39 is 0 Å². The Kier molecular flexibility index (Phi) is 3.68. The zero-order chi connectivity index (χ0) is 15.0. The Labute approximate surface area is 130 Å². The molecule has 0 radical (unpaired) electrons. The highest BCUT2D eigenvalue weighted by Gasteiger charge is 2.43. The Morgan fingerprint density at radius 1 is 1.23 bits per heavy atom. The summed E-state index contributed by atoms with van der Waals surface area (Å²) < 4.78 is 11.4. The maximum absolute atomic E-state index is 10.3. The number of rotatable bonds is 2. The Morgan fingerprint density at radius 2 is 2.09 bits per heavy atom. The third-order valence-electron chi connectivity index (χ3n) is 5.24. The molecule has 2 aromatic rings. The SMILES string of the molecule is O[C@H]1CCCOC12CCN(Cc1ccc3occc3c1)CC2. The highest BCUT2D eigenvalue weighted by Crippen LogP contribution is 2.35. The molecule has 0 aliphatic carbocycles. The summed E-state index contributed by atoms with van der Waals surface area (Å²) in [5, 5.41) is 11.5. The van der Waals surface area contributed by atoms with E-state index in [9.17, 15) is 5.11 Å². The lowest BCUT2D eigenvalue weighted by molar-refractivity contribution is -0.177. The van der Waals surface area contributed by atoms with Crippen LogP contribution in [0.1, 0.15) is 31.2 Å². The van der Waals surface area contributed by atoms with Gasteiger partial charge in [-0.2, -0.15) is 0 Å². The number of fused-ring (bicyclic) bond motifs is 1. The summed E-state index contributed by atoms with van der Waals surface area (Å²) in [5.41, 5.74) is 1.98. The van der Waals surface area contributed by atoms with Gasteiger partial charge in [0.2, 0.25) is 0 Å². The molecular formula is C18H23NO3. The lowest BCUT2D eigenvalue weighted by Gasteiger charge is -2.46. The molecule has 2 saturated heterocycles. The largest absolute Gasteiger partial charge is 0.464 e. The van der Waals surface area contributed by atoms with Crippen LogP contribution in [0.2, 0.25) is 0 Å². The first kappa shape index (κ1) is 14.2. The number of hydrogen-bond donors (Lipinski definition) is 1. The Bertz CT molecular complexity index is 643. The van der Waals surface area contributed by atoms with Crippen molar-refractivity contribution in [1.82, 2.24) is 4.90 Å². The van der Waals surface area contributed by atoms with Crippen molar-refractivity contribution in [2.45, 2.75) is 43.9 Å². The standard InChI is InChI=1S/C18H23NO3/c20-17-2-1-10-22-18(17)6-8-19(9-7-18)13-14-3-4-16-15(12-14)5-11-21-16/h3-5,11-12,17,20H,1-2,6-10,13H2/t17-/m0/s1. The summed E-state index contributed by atoms with van der Waals surface area (Å²) in [4.78, 5) is 2.46. The van der Waals surface area contributed by atoms with Crippen molar-refractivity contribution in [2.24, 2.45) is 0 Å². The second kappa shape index (κ2) is 5.69. The molecule has 2 fully saturated rings. The van der Waals surface area contributed by atoms with Gasteiger partial charge in [-0.15, -0.1) is 0 Å². The molecule has 1 atom stereocenters. The molecule has 2 aliphatic rings. The van der Waals surface area contributed by atoms with Gasteiger partial charge in [0.25, 0.3) is 0 Å². The summed E-state index contributed by atoms with van der Waals surface area (Å²) in [6.07, 6.45) is 5.19. The number of ether oxygens (including phenoxy) is 1. The van der Waals surface area contributed by atoms with E-state index in [0.29, 0.717) is 0 Å². The van der Waals surface area contributed by atoms with Gasteiger partial charge in [0.15, 0.2) is 0 Å². The summed E-state index contributed by atoms with van der Waals surface area (Å²) in [6, 6.07) is 8.40. The summed E-state index contributed by atoms with van der Waals surface area (Å²) in [7, 11) is 0. The maximum atomic E-state index is 10.3. The van der Waals surface area contributed by atoms with Gasteiger partial charge in [0, 0.05) is 31.6 Å². The molecule has 22 heavy (non-hydrogen) atoms. The number of piperidine rings is 1. The van der Waals surface area contributed by atoms with Crippen molar-refractivity contribution in [3.8, 4) is 0 Å². The van der Waals surface area contributed by atoms with Crippen LogP contribution < -0.4 is 0 Å². The predicted molar refractivity (Wildman–Crippen MR) is 84.6 cm³/mol. The van der Waals surface area contributed by atoms with Gasteiger partial charge in [-0.3, -0.25) is 4.90 Å². The third-order valence-corrected chi connectivity index (χ3v) is 5.24. The topological polar surface area (TPSA) is 45.8 Å². The molecule has 0 amide bonds. The molecule has 1 aromatic carbocycles. The second-order valence-electron chi connectivity index (χ2n) is 6.64. The number of hydrogen-bond acceptors (Lipinski definition) is 4. The quantitative estimate of drug-likeness (QED) is 0.926. The fourth-order valence-electron chi connectivity index (χ4n) is 3.85. The van der Waals surface area contributed by atoms with Crippen molar-refractivity contribution < 1.29 is 14.3 Å². The van der Waals surface area contributed by atoms with Crippen LogP contribution in [-0.2, 0) is 11.3 Å². The minimum Gasteiger partial charge on any atom is -0.464 e. The zero-order valence-corrected chi connectivity index (χ0v) is 12.8. The van der Waals surface area contributed by atoms with Gasteiger partial charge in [-0.25, -0.2) is 0 Å². The first-order valence-electron chi connectivity index (χ1n) is 8.26. The van der Waals surface area contributed by atoms with Crippen molar-refractivity contribution in [1.29, 1.82) is 0 Å². The van der Waals surface area contributed by atoms with Crippen molar-refractivity contribution in [3.05, 3.63) is 36.1 Å². The molecule has 0 bridgehead atoms. The van der Waals surface area contributed by atoms with Crippen LogP contribution in [-0.4, -0.2) is 41.4 Å². The molecule has 1 aromatic heterocycles. The van der Waals surface area contributed by atoms with Crippen LogP contribution in [0.4, 0.5) is 0 Å². The average Bonchev–Trinajstić information content (AvgIpc) is 3.00. The van der Waals surface area contributed by atoms with E-state index in [-0.39, 0.29) is 11.7 Å². The Morgan fingerprint density at radius 3 is 2.91 bits per heavy atom. The number of benzene rings is 1. The van der Waals surface area contributed by atoms with Gasteiger partial charge in [-0.05, 0) is 49.4 Å². The molecule has 1 spiro atoms. The zero-order valence-electron chi connectivity index (χ0n) is 12.8. The summed E-state index contributed by atoms with van der Waals surface area (Å²) in [5.74, 6) is 0. The normalized spacial score (nSPS) is 25.8. The van der Waals surface area contributed by atoms with Gasteiger partial charge in [-0.1, -0.05) is 6.07 Å². The first-order chi connectivity index (χ1) is 10.8. The van der Waals surface area contributed by atoms with Crippen LogP contribution in [0, 0.1) is 0 Å². The molecular weight excluding hydrogens is 278 g/mol. The number of furan rings is 1. The monoisotopic (exact) mass is 301 g/mol. The molecule has 0 unspecified atom stereocenters.